The van der Waals surface area contributed by atoms with Crippen molar-refractivity contribution in [2.24, 2.45) is 5.92 Å². The molecular formula is C21H26N2O5S. The number of carbonyl (C=O) groups is 1. The molecule has 2 aliphatic rings. The molecule has 1 aliphatic heterocycles. The van der Waals surface area contributed by atoms with E-state index in [9.17, 15) is 13.2 Å². The monoisotopic (exact) mass is 418 g/mol. The molecule has 1 saturated carbocycles. The fourth-order valence-electron chi connectivity index (χ4n) is 3.96. The van der Waals surface area contributed by atoms with E-state index in [0.29, 0.717) is 36.3 Å². The number of nitrogens with zero attached hydrogens (tertiary/aromatic N) is 1. The molecule has 0 spiro atoms. The Morgan fingerprint density at radius 3 is 2.41 bits per heavy atom. The number of hydrogen-bond acceptors (Lipinski definition) is 6. The van der Waals surface area contributed by atoms with Gasteiger partial charge in [-0.3, -0.25) is 4.79 Å². The summed E-state index contributed by atoms with van der Waals surface area (Å²) in [5.41, 5.74) is 0.810. The number of nitrogens with one attached hydrogen (secondary N) is 1. The van der Waals surface area contributed by atoms with Crippen LogP contribution < -0.4 is 5.32 Å². The maximum Gasteiger partial charge on any atom is 0.233 e. The van der Waals surface area contributed by atoms with Gasteiger partial charge in [-0.05, 0) is 55.7 Å². The van der Waals surface area contributed by atoms with Crippen LogP contribution in [0.3, 0.4) is 0 Å². The Hall–Kier alpha value is -2.19. The highest BCUT2D eigenvalue weighted by molar-refractivity contribution is 7.92. The fourth-order valence-corrected chi connectivity index (χ4v) is 5.82. The third-order valence-electron chi connectivity index (χ3n) is 6.02. The van der Waals surface area contributed by atoms with Crippen molar-refractivity contribution in [3.63, 3.8) is 0 Å². The van der Waals surface area contributed by atoms with Crippen LogP contribution >= 0.6 is 0 Å². The van der Waals surface area contributed by atoms with E-state index >= 15 is 0 Å². The molecule has 29 heavy (non-hydrogen) atoms. The number of anilines is 1. The molecule has 1 aliphatic carbocycles. The summed E-state index contributed by atoms with van der Waals surface area (Å²) in [6.45, 7) is 1.42. The van der Waals surface area contributed by atoms with Crippen LogP contribution in [0.5, 0.6) is 0 Å². The van der Waals surface area contributed by atoms with Crippen molar-refractivity contribution in [1.29, 1.82) is 0 Å². The van der Waals surface area contributed by atoms with E-state index in [1.807, 2.05) is 0 Å². The molecule has 2 heterocycles. The van der Waals surface area contributed by atoms with Gasteiger partial charge in [0.15, 0.2) is 15.7 Å². The number of carbonyl (C=O) groups excluding carboxylic acids is 1. The quantitative estimate of drug-likeness (QED) is 0.738. The predicted molar refractivity (Wildman–Crippen MR) is 107 cm³/mol. The second kappa shape index (κ2) is 8.67. The molecule has 2 aromatic rings. The van der Waals surface area contributed by atoms with Gasteiger partial charge >= 0.3 is 0 Å². The molecule has 7 nitrogen and oxygen atoms in total. The number of benzene rings is 1. The average molecular weight is 419 g/mol. The summed E-state index contributed by atoms with van der Waals surface area (Å²) in [6, 6.07) is 8.43. The van der Waals surface area contributed by atoms with Gasteiger partial charge in [-0.25, -0.2) is 8.42 Å². The SMILES string of the molecule is O=C(Nc1ccon1)[C@H](CC1CCOCC1)c1ccc(S(=O)(=O)C2CCC2)cc1. The van der Waals surface area contributed by atoms with Gasteiger partial charge in [0.25, 0.3) is 0 Å². The zero-order chi connectivity index (χ0) is 20.3. The molecule has 1 amide bonds. The predicted octanol–water partition coefficient (Wildman–Crippen LogP) is 3.54. The van der Waals surface area contributed by atoms with Gasteiger partial charge in [0.2, 0.25) is 5.91 Å². The Morgan fingerprint density at radius 2 is 1.83 bits per heavy atom. The lowest BCUT2D eigenvalue weighted by Crippen LogP contribution is -2.28. The number of rotatable bonds is 7. The first-order chi connectivity index (χ1) is 14.0. The van der Waals surface area contributed by atoms with E-state index < -0.39 is 15.8 Å². The fraction of sp³-hybridized carbons (Fsp3) is 0.524. The molecule has 1 saturated heterocycles. The van der Waals surface area contributed by atoms with Crippen molar-refractivity contribution in [2.45, 2.75) is 54.6 Å². The third kappa shape index (κ3) is 4.53. The Bertz CT molecular complexity index is 914. The van der Waals surface area contributed by atoms with Gasteiger partial charge in [0.1, 0.15) is 6.26 Å². The van der Waals surface area contributed by atoms with Crippen molar-refractivity contribution in [3.05, 3.63) is 42.2 Å². The number of ether oxygens (including phenoxy) is 1. The molecule has 1 aromatic heterocycles. The highest BCUT2D eigenvalue weighted by Gasteiger charge is 2.33. The van der Waals surface area contributed by atoms with E-state index in [2.05, 4.69) is 10.5 Å². The van der Waals surface area contributed by atoms with E-state index in [4.69, 9.17) is 9.26 Å². The topological polar surface area (TPSA) is 98.5 Å². The number of aromatic nitrogens is 1. The van der Waals surface area contributed by atoms with Crippen LogP contribution in [0.2, 0.25) is 0 Å². The van der Waals surface area contributed by atoms with Crippen molar-refractivity contribution < 1.29 is 22.5 Å². The van der Waals surface area contributed by atoms with E-state index in [-0.39, 0.29) is 11.2 Å². The van der Waals surface area contributed by atoms with Crippen LogP contribution in [0, 0.1) is 5.92 Å². The van der Waals surface area contributed by atoms with Gasteiger partial charge in [-0.1, -0.05) is 23.7 Å². The molecule has 2 fully saturated rings. The van der Waals surface area contributed by atoms with E-state index in [1.54, 1.807) is 30.3 Å². The highest BCUT2D eigenvalue weighted by Crippen LogP contribution is 2.34. The summed E-state index contributed by atoms with van der Waals surface area (Å²) in [7, 11) is -3.27. The Labute approximate surface area is 170 Å². The number of amides is 1. The molecule has 0 bridgehead atoms. The maximum atomic E-state index is 13.0. The molecular weight excluding hydrogens is 392 g/mol. The smallest absolute Gasteiger partial charge is 0.233 e. The van der Waals surface area contributed by atoms with Crippen LogP contribution in [0.1, 0.15) is 50.0 Å². The summed E-state index contributed by atoms with van der Waals surface area (Å²) in [6.07, 6.45) is 6.36. The van der Waals surface area contributed by atoms with Gasteiger partial charge in [-0.2, -0.15) is 0 Å². The van der Waals surface area contributed by atoms with Crippen molar-refractivity contribution in [1.82, 2.24) is 5.16 Å². The first-order valence-corrected chi connectivity index (χ1v) is 11.7. The van der Waals surface area contributed by atoms with Crippen LogP contribution in [0.4, 0.5) is 5.82 Å². The minimum absolute atomic E-state index is 0.167. The normalized spacial score (nSPS) is 19.4. The molecule has 1 N–H and O–H groups in total. The minimum Gasteiger partial charge on any atom is -0.381 e. The Balaban J connectivity index is 1.55. The van der Waals surface area contributed by atoms with Crippen molar-refractivity contribution in [2.75, 3.05) is 18.5 Å². The lowest BCUT2D eigenvalue weighted by molar-refractivity contribution is -0.118. The average Bonchev–Trinajstić information content (AvgIpc) is 3.18. The van der Waals surface area contributed by atoms with Gasteiger partial charge in [0, 0.05) is 19.3 Å². The summed E-state index contributed by atoms with van der Waals surface area (Å²) in [5.74, 6) is 0.196. The van der Waals surface area contributed by atoms with Crippen molar-refractivity contribution >= 4 is 21.6 Å². The Kier molecular flexibility index (Phi) is 6.01. The van der Waals surface area contributed by atoms with Crippen LogP contribution in [0.15, 0.2) is 46.0 Å². The lowest BCUT2D eigenvalue weighted by atomic mass is 9.84. The maximum absolute atomic E-state index is 13.0. The molecule has 8 heteroatoms. The molecule has 4 rings (SSSR count). The summed E-state index contributed by atoms with van der Waals surface area (Å²) < 4.78 is 35.5. The van der Waals surface area contributed by atoms with Gasteiger partial charge in [0.05, 0.1) is 16.1 Å². The van der Waals surface area contributed by atoms with E-state index in [0.717, 1.165) is 37.7 Å². The van der Waals surface area contributed by atoms with Crippen molar-refractivity contribution in [3.8, 4) is 0 Å². The second-order valence-electron chi connectivity index (χ2n) is 7.88. The summed E-state index contributed by atoms with van der Waals surface area (Å²) in [5, 5.41) is 6.29. The molecule has 0 unspecified atom stereocenters. The van der Waals surface area contributed by atoms with Crippen LogP contribution in [0.25, 0.3) is 0 Å². The second-order valence-corrected chi connectivity index (χ2v) is 10.1. The lowest BCUT2D eigenvalue weighted by Gasteiger charge is -2.27. The summed E-state index contributed by atoms with van der Waals surface area (Å²) in [4.78, 5) is 13.3. The zero-order valence-corrected chi connectivity index (χ0v) is 17.1. The van der Waals surface area contributed by atoms with Gasteiger partial charge < -0.3 is 14.6 Å². The minimum atomic E-state index is -3.27. The first-order valence-electron chi connectivity index (χ1n) is 10.2. The number of hydrogen-bond donors (Lipinski definition) is 1. The van der Waals surface area contributed by atoms with Gasteiger partial charge in [-0.15, -0.1) is 0 Å². The standard InChI is InChI=1S/C21H26N2O5S/c24-21(22-20-10-13-28-23-20)19(14-15-8-11-27-12-9-15)16-4-6-18(7-5-16)29(25,26)17-2-1-3-17/h4-7,10,13,15,17,19H,1-3,8-9,11-12,14H2,(H,22,23,24)/t19-/m1/s1. The Morgan fingerprint density at radius 1 is 1.10 bits per heavy atom. The van der Waals surface area contributed by atoms with Crippen LogP contribution in [-0.4, -0.2) is 37.9 Å². The molecule has 1 aromatic carbocycles. The summed E-state index contributed by atoms with van der Waals surface area (Å²) >= 11 is 0. The molecule has 0 radical (unpaired) electrons. The van der Waals surface area contributed by atoms with E-state index in [1.165, 1.54) is 6.26 Å². The largest absolute Gasteiger partial charge is 0.381 e. The van der Waals surface area contributed by atoms with Crippen LogP contribution in [-0.2, 0) is 19.4 Å². The molecule has 156 valence electrons. The first kappa shape index (κ1) is 20.1. The highest BCUT2D eigenvalue weighted by atomic mass is 32.2. The third-order valence-corrected chi connectivity index (χ3v) is 8.30. The number of sulfone groups is 1. The zero-order valence-electron chi connectivity index (χ0n) is 16.2. The molecule has 1 atom stereocenters.